The van der Waals surface area contributed by atoms with E-state index in [1.807, 2.05) is 0 Å². The summed E-state index contributed by atoms with van der Waals surface area (Å²) < 4.78 is 64.3. The molecular formula is C21H21F3N4O3S. The van der Waals surface area contributed by atoms with Crippen LogP contribution in [0.2, 0.25) is 0 Å². The van der Waals surface area contributed by atoms with E-state index < -0.39 is 35.0 Å². The van der Waals surface area contributed by atoms with Crippen LogP contribution in [-0.2, 0) is 17.8 Å². The third kappa shape index (κ3) is 6.30. The molecule has 7 nitrogen and oxygen atoms in total. The molecule has 11 heteroatoms. The predicted octanol–water partition coefficient (Wildman–Crippen LogP) is 4.66. The fraction of sp³-hybridized carbons (Fsp3) is 0.333. The molecule has 3 aromatic rings. The van der Waals surface area contributed by atoms with Crippen LogP contribution in [0.15, 0.2) is 45.6 Å². The maximum absolute atomic E-state index is 14.2. The molecule has 1 atom stereocenters. The van der Waals surface area contributed by atoms with Crippen LogP contribution in [-0.4, -0.2) is 43.7 Å². The standard InChI is InChI=1S/C21H21F3N4O3S/c1-21(2,3)32(29)27-7-6-13-8-14(4-5-16(13)22)18-9-17(28-31-18)20-25-10-15(11-26-20)30-12-19(23)24/h4-5,7-11,19H,6,12H2,1-3H3. The molecule has 0 saturated carbocycles. The normalized spacial score (nSPS) is 13.1. The van der Waals surface area contributed by atoms with Crippen molar-refractivity contribution >= 4 is 17.6 Å². The van der Waals surface area contributed by atoms with Gasteiger partial charge in [-0.05, 0) is 44.5 Å². The number of nitrogens with zero attached hydrogens (tertiary/aromatic N) is 4. The van der Waals surface area contributed by atoms with Crippen LogP contribution in [0.3, 0.4) is 0 Å². The number of benzene rings is 1. The largest absolute Gasteiger partial charge is 0.591 e. The van der Waals surface area contributed by atoms with Gasteiger partial charge in [-0.25, -0.2) is 23.1 Å². The van der Waals surface area contributed by atoms with Crippen molar-refractivity contribution in [3.8, 4) is 28.6 Å². The number of alkyl halides is 2. The summed E-state index contributed by atoms with van der Waals surface area (Å²) in [6.07, 6.45) is 1.51. The lowest BCUT2D eigenvalue weighted by Crippen LogP contribution is -2.25. The van der Waals surface area contributed by atoms with E-state index in [4.69, 9.17) is 9.26 Å². The van der Waals surface area contributed by atoms with Crippen LogP contribution in [0, 0.1) is 5.82 Å². The second-order valence-corrected chi connectivity index (χ2v) is 9.61. The minimum absolute atomic E-state index is 0.106. The number of halogens is 3. The van der Waals surface area contributed by atoms with Gasteiger partial charge < -0.3 is 13.8 Å². The Morgan fingerprint density at radius 3 is 2.59 bits per heavy atom. The molecule has 0 N–H and O–H groups in total. The van der Waals surface area contributed by atoms with Crippen LogP contribution in [0.5, 0.6) is 5.75 Å². The number of rotatable bonds is 8. The molecule has 0 radical (unpaired) electrons. The molecule has 0 aliphatic rings. The molecule has 0 bridgehead atoms. The first kappa shape index (κ1) is 23.7. The van der Waals surface area contributed by atoms with Crippen molar-refractivity contribution in [2.45, 2.75) is 38.4 Å². The fourth-order valence-corrected chi connectivity index (χ4v) is 2.97. The Kier molecular flexibility index (Phi) is 7.52. The molecular weight excluding hydrogens is 445 g/mol. The Bertz CT molecular complexity index is 1070. The van der Waals surface area contributed by atoms with E-state index in [0.29, 0.717) is 22.6 Å². The van der Waals surface area contributed by atoms with E-state index in [1.165, 1.54) is 30.7 Å². The Labute approximate surface area is 186 Å². The minimum atomic E-state index is -2.60. The molecule has 0 aliphatic heterocycles. The summed E-state index contributed by atoms with van der Waals surface area (Å²) in [5.41, 5.74) is 1.24. The minimum Gasteiger partial charge on any atom is -0.591 e. The monoisotopic (exact) mass is 466 g/mol. The summed E-state index contributed by atoms with van der Waals surface area (Å²) in [6, 6.07) is 6.01. The smallest absolute Gasteiger partial charge is 0.272 e. The molecule has 0 amide bonds. The molecule has 1 aromatic carbocycles. The van der Waals surface area contributed by atoms with Gasteiger partial charge >= 0.3 is 0 Å². The van der Waals surface area contributed by atoms with E-state index in [2.05, 4.69) is 19.5 Å². The van der Waals surface area contributed by atoms with Crippen molar-refractivity contribution in [1.82, 2.24) is 15.1 Å². The fourth-order valence-electron chi connectivity index (χ4n) is 2.44. The second kappa shape index (κ2) is 10.1. The summed E-state index contributed by atoms with van der Waals surface area (Å²) in [5.74, 6) is 0.251. The van der Waals surface area contributed by atoms with E-state index in [0.717, 1.165) is 0 Å². The summed E-state index contributed by atoms with van der Waals surface area (Å²) in [5, 5.41) is 3.91. The number of hydrogen-bond acceptors (Lipinski definition) is 7. The van der Waals surface area contributed by atoms with Crippen molar-refractivity contribution in [1.29, 1.82) is 0 Å². The highest BCUT2D eigenvalue weighted by molar-refractivity contribution is 7.91. The zero-order valence-electron chi connectivity index (χ0n) is 17.6. The number of aromatic nitrogens is 3. The van der Waals surface area contributed by atoms with Gasteiger partial charge in [0.1, 0.15) is 28.5 Å². The summed E-state index contributed by atoms with van der Waals surface area (Å²) in [7, 11) is 0. The third-order valence-electron chi connectivity index (χ3n) is 4.08. The van der Waals surface area contributed by atoms with Gasteiger partial charge in [0.2, 0.25) is 0 Å². The quantitative estimate of drug-likeness (QED) is 0.354. The first-order valence-corrected chi connectivity index (χ1v) is 10.7. The molecule has 0 fully saturated rings. The van der Waals surface area contributed by atoms with Gasteiger partial charge in [-0.15, -0.1) is 0 Å². The molecule has 2 aromatic heterocycles. The predicted molar refractivity (Wildman–Crippen MR) is 115 cm³/mol. The molecule has 0 spiro atoms. The second-order valence-electron chi connectivity index (χ2n) is 7.68. The van der Waals surface area contributed by atoms with E-state index in [9.17, 15) is 17.7 Å². The average Bonchev–Trinajstić information content (AvgIpc) is 3.23. The van der Waals surface area contributed by atoms with Crippen LogP contribution < -0.4 is 4.74 Å². The number of ether oxygens (including phenoxy) is 1. The van der Waals surface area contributed by atoms with Gasteiger partial charge in [0.05, 0.1) is 18.6 Å². The van der Waals surface area contributed by atoms with Gasteiger partial charge in [-0.1, -0.05) is 9.55 Å². The summed E-state index contributed by atoms with van der Waals surface area (Å²) in [4.78, 5) is 8.07. The SMILES string of the molecule is CC(C)(C)[S+]([O-])N=CCc1cc(-c2cc(-c3ncc(OCC(F)F)cn3)no2)ccc1F. The van der Waals surface area contributed by atoms with Crippen LogP contribution in [0.4, 0.5) is 13.2 Å². The first-order chi connectivity index (χ1) is 15.1. The highest BCUT2D eigenvalue weighted by Gasteiger charge is 2.25. The Morgan fingerprint density at radius 1 is 1.22 bits per heavy atom. The maximum atomic E-state index is 14.2. The highest BCUT2D eigenvalue weighted by Crippen LogP contribution is 2.26. The van der Waals surface area contributed by atoms with E-state index >= 15 is 0 Å². The number of hydrogen-bond donors (Lipinski definition) is 0. The van der Waals surface area contributed by atoms with Crippen molar-refractivity contribution in [3.05, 3.63) is 48.0 Å². The van der Waals surface area contributed by atoms with Gasteiger partial charge in [0.15, 0.2) is 23.0 Å². The molecule has 170 valence electrons. The van der Waals surface area contributed by atoms with E-state index in [-0.39, 0.29) is 18.0 Å². The zero-order valence-corrected chi connectivity index (χ0v) is 18.4. The third-order valence-corrected chi connectivity index (χ3v) is 5.47. The van der Waals surface area contributed by atoms with Crippen LogP contribution in [0.1, 0.15) is 26.3 Å². The lowest BCUT2D eigenvalue weighted by Gasteiger charge is -2.17. The molecule has 2 heterocycles. The van der Waals surface area contributed by atoms with Gasteiger partial charge in [0.25, 0.3) is 6.43 Å². The first-order valence-electron chi connectivity index (χ1n) is 9.57. The van der Waals surface area contributed by atoms with Gasteiger partial charge in [0, 0.05) is 18.1 Å². The summed E-state index contributed by atoms with van der Waals surface area (Å²) in [6.45, 7) is 4.66. The van der Waals surface area contributed by atoms with Crippen LogP contribution in [0.25, 0.3) is 22.8 Å². The zero-order chi connectivity index (χ0) is 23.3. The maximum Gasteiger partial charge on any atom is 0.272 e. The van der Waals surface area contributed by atoms with Crippen molar-refractivity contribution < 1.29 is 27.0 Å². The molecule has 1 unspecified atom stereocenters. The molecule has 32 heavy (non-hydrogen) atoms. The Hall–Kier alpha value is -2.92. The van der Waals surface area contributed by atoms with Crippen molar-refractivity contribution in [2.24, 2.45) is 4.40 Å². The lowest BCUT2D eigenvalue weighted by molar-refractivity contribution is 0.0815. The van der Waals surface area contributed by atoms with Crippen molar-refractivity contribution in [3.63, 3.8) is 0 Å². The Morgan fingerprint density at radius 2 is 1.94 bits per heavy atom. The van der Waals surface area contributed by atoms with E-state index in [1.54, 1.807) is 32.9 Å². The highest BCUT2D eigenvalue weighted by atomic mass is 32.2. The van der Waals surface area contributed by atoms with Crippen molar-refractivity contribution in [2.75, 3.05) is 6.61 Å². The van der Waals surface area contributed by atoms with Gasteiger partial charge in [-0.3, -0.25) is 0 Å². The topological polar surface area (TPSA) is 96.5 Å². The molecule has 3 rings (SSSR count). The Balaban J connectivity index is 1.73. The summed E-state index contributed by atoms with van der Waals surface area (Å²) >= 11 is -1.42. The van der Waals surface area contributed by atoms with Gasteiger partial charge in [-0.2, -0.15) is 0 Å². The van der Waals surface area contributed by atoms with Crippen LogP contribution >= 0.6 is 0 Å². The molecule has 0 aliphatic carbocycles. The molecule has 0 saturated heterocycles. The average molecular weight is 466 g/mol. The lowest BCUT2D eigenvalue weighted by atomic mass is 10.1.